The molecule has 1 saturated heterocycles. The lowest BCUT2D eigenvalue weighted by atomic mass is 10.1. The van der Waals surface area contributed by atoms with E-state index in [9.17, 15) is 0 Å². The summed E-state index contributed by atoms with van der Waals surface area (Å²) in [6.45, 7) is 3.09. The normalized spacial score (nSPS) is 18.7. The van der Waals surface area contributed by atoms with Crippen molar-refractivity contribution in [3.63, 3.8) is 0 Å². The molecule has 0 aliphatic carbocycles. The van der Waals surface area contributed by atoms with E-state index in [-0.39, 0.29) is 6.10 Å². The summed E-state index contributed by atoms with van der Waals surface area (Å²) in [4.78, 5) is 11.0. The zero-order valence-corrected chi connectivity index (χ0v) is 14.2. The van der Waals surface area contributed by atoms with Crippen molar-refractivity contribution >= 4 is 5.96 Å². The maximum Gasteiger partial charge on any atom is 0.193 e. The lowest BCUT2D eigenvalue weighted by Gasteiger charge is -2.34. The van der Waals surface area contributed by atoms with Crippen molar-refractivity contribution in [2.75, 3.05) is 33.3 Å². The van der Waals surface area contributed by atoms with Crippen molar-refractivity contribution in [2.24, 2.45) is 12.0 Å². The molecule has 2 aromatic heterocycles. The number of aromatic nitrogens is 3. The molecule has 0 saturated carbocycles. The minimum atomic E-state index is 0.0294. The highest BCUT2D eigenvalue weighted by Crippen LogP contribution is 2.21. The van der Waals surface area contributed by atoms with E-state index in [1.807, 2.05) is 50.9 Å². The Morgan fingerprint density at radius 3 is 3.08 bits per heavy atom. The van der Waals surface area contributed by atoms with E-state index in [4.69, 9.17) is 4.74 Å². The van der Waals surface area contributed by atoms with Crippen LogP contribution in [0.25, 0.3) is 0 Å². The molecule has 3 rings (SSSR count). The smallest absolute Gasteiger partial charge is 0.193 e. The van der Waals surface area contributed by atoms with Crippen molar-refractivity contribution in [1.29, 1.82) is 0 Å². The molecular weight excluding hydrogens is 304 g/mol. The zero-order valence-electron chi connectivity index (χ0n) is 14.2. The predicted octanol–water partition coefficient (Wildman–Crippen LogP) is 1.01. The molecule has 1 aliphatic heterocycles. The molecule has 3 heterocycles. The standard InChI is InChI=1S/C17H24N6O/c1-18-17(20-8-6-15-5-3-4-7-19-15)23-9-10-24-16(13-23)14-11-21-22(2)12-14/h3-5,7,11-12,16H,6,8-10,13H2,1-2H3,(H,18,20). The van der Waals surface area contributed by atoms with Gasteiger partial charge in [0, 0.05) is 57.3 Å². The van der Waals surface area contributed by atoms with Gasteiger partial charge < -0.3 is 15.0 Å². The van der Waals surface area contributed by atoms with Crippen molar-refractivity contribution < 1.29 is 4.74 Å². The lowest BCUT2D eigenvalue weighted by Crippen LogP contribution is -2.48. The van der Waals surface area contributed by atoms with Gasteiger partial charge in [-0.15, -0.1) is 0 Å². The van der Waals surface area contributed by atoms with E-state index >= 15 is 0 Å². The number of pyridine rings is 1. The van der Waals surface area contributed by atoms with Gasteiger partial charge in [0.15, 0.2) is 5.96 Å². The molecule has 1 unspecified atom stereocenters. The first kappa shape index (κ1) is 16.4. The third-order valence-electron chi connectivity index (χ3n) is 4.06. The van der Waals surface area contributed by atoms with Gasteiger partial charge >= 0.3 is 0 Å². The van der Waals surface area contributed by atoms with E-state index in [1.165, 1.54) is 0 Å². The number of morpholine rings is 1. The second-order valence-corrected chi connectivity index (χ2v) is 5.80. The molecule has 2 aromatic rings. The fraction of sp³-hybridized carbons (Fsp3) is 0.471. The van der Waals surface area contributed by atoms with Crippen LogP contribution in [-0.4, -0.2) is 58.9 Å². The number of ether oxygens (including phenoxy) is 1. The molecule has 1 aliphatic rings. The van der Waals surface area contributed by atoms with Gasteiger partial charge in [0.25, 0.3) is 0 Å². The van der Waals surface area contributed by atoms with Crippen LogP contribution in [-0.2, 0) is 18.2 Å². The molecule has 0 radical (unpaired) electrons. The quantitative estimate of drug-likeness (QED) is 0.670. The third kappa shape index (κ3) is 4.11. The SMILES string of the molecule is CN=C(NCCc1ccccn1)N1CCOC(c2cnn(C)c2)C1. The molecule has 24 heavy (non-hydrogen) atoms. The van der Waals surface area contributed by atoms with Crippen molar-refractivity contribution in [1.82, 2.24) is 25.0 Å². The van der Waals surface area contributed by atoms with Crippen LogP contribution in [0, 0.1) is 0 Å². The predicted molar refractivity (Wildman–Crippen MR) is 92.8 cm³/mol. The fourth-order valence-corrected chi connectivity index (χ4v) is 2.83. The summed E-state index contributed by atoms with van der Waals surface area (Å²) >= 11 is 0. The van der Waals surface area contributed by atoms with Crippen LogP contribution in [0.4, 0.5) is 0 Å². The number of hydrogen-bond donors (Lipinski definition) is 1. The first-order valence-corrected chi connectivity index (χ1v) is 8.22. The van der Waals surface area contributed by atoms with Crippen LogP contribution in [0.15, 0.2) is 41.8 Å². The largest absolute Gasteiger partial charge is 0.370 e. The maximum atomic E-state index is 5.89. The summed E-state index contributed by atoms with van der Waals surface area (Å²) in [5.41, 5.74) is 2.18. The van der Waals surface area contributed by atoms with E-state index in [0.717, 1.165) is 43.3 Å². The number of rotatable bonds is 4. The molecule has 7 nitrogen and oxygen atoms in total. The van der Waals surface area contributed by atoms with Gasteiger partial charge in [-0.2, -0.15) is 5.10 Å². The summed E-state index contributed by atoms with van der Waals surface area (Å²) in [6, 6.07) is 5.98. The summed E-state index contributed by atoms with van der Waals surface area (Å²) in [5, 5.41) is 7.65. The number of aliphatic imine (C=N–C) groups is 1. The van der Waals surface area contributed by atoms with E-state index in [2.05, 4.69) is 25.3 Å². The Morgan fingerprint density at radius 1 is 1.46 bits per heavy atom. The summed E-state index contributed by atoms with van der Waals surface area (Å²) in [6.07, 6.45) is 6.60. The molecule has 128 valence electrons. The van der Waals surface area contributed by atoms with Crippen LogP contribution >= 0.6 is 0 Å². The van der Waals surface area contributed by atoms with Crippen molar-refractivity contribution in [2.45, 2.75) is 12.5 Å². The van der Waals surface area contributed by atoms with Gasteiger partial charge in [0.2, 0.25) is 0 Å². The van der Waals surface area contributed by atoms with Gasteiger partial charge in [0.05, 0.1) is 19.3 Å². The Bertz CT molecular complexity index is 669. The van der Waals surface area contributed by atoms with Crippen LogP contribution in [0.1, 0.15) is 17.4 Å². The Hall–Kier alpha value is -2.41. The number of nitrogens with one attached hydrogen (secondary N) is 1. The molecule has 0 amide bonds. The van der Waals surface area contributed by atoms with E-state index < -0.39 is 0 Å². The molecule has 7 heteroatoms. The second-order valence-electron chi connectivity index (χ2n) is 5.80. The van der Waals surface area contributed by atoms with Crippen molar-refractivity contribution in [3.8, 4) is 0 Å². The summed E-state index contributed by atoms with van der Waals surface area (Å²) < 4.78 is 7.69. The highest BCUT2D eigenvalue weighted by Gasteiger charge is 2.24. The molecule has 0 bridgehead atoms. The number of hydrogen-bond acceptors (Lipinski definition) is 4. The zero-order chi connectivity index (χ0) is 16.8. The molecule has 1 N–H and O–H groups in total. The minimum Gasteiger partial charge on any atom is -0.370 e. The Labute approximate surface area is 142 Å². The topological polar surface area (TPSA) is 67.6 Å². The molecular formula is C17H24N6O. The van der Waals surface area contributed by atoms with Crippen LogP contribution in [0.5, 0.6) is 0 Å². The van der Waals surface area contributed by atoms with Crippen LogP contribution in [0.3, 0.4) is 0 Å². The Morgan fingerprint density at radius 2 is 2.38 bits per heavy atom. The Kier molecular flexibility index (Phi) is 5.43. The fourth-order valence-electron chi connectivity index (χ4n) is 2.83. The van der Waals surface area contributed by atoms with Gasteiger partial charge in [0.1, 0.15) is 6.10 Å². The lowest BCUT2D eigenvalue weighted by molar-refractivity contribution is -0.00801. The first-order chi connectivity index (χ1) is 11.8. The van der Waals surface area contributed by atoms with E-state index in [1.54, 1.807) is 4.68 Å². The number of guanidine groups is 1. The molecule has 1 fully saturated rings. The summed E-state index contributed by atoms with van der Waals surface area (Å²) in [7, 11) is 3.74. The van der Waals surface area contributed by atoms with Crippen molar-refractivity contribution in [3.05, 3.63) is 48.0 Å². The average molecular weight is 328 g/mol. The first-order valence-electron chi connectivity index (χ1n) is 8.22. The van der Waals surface area contributed by atoms with E-state index in [0.29, 0.717) is 6.61 Å². The second kappa shape index (κ2) is 7.92. The highest BCUT2D eigenvalue weighted by atomic mass is 16.5. The average Bonchev–Trinajstić information content (AvgIpc) is 3.06. The minimum absolute atomic E-state index is 0.0294. The number of nitrogens with zero attached hydrogens (tertiary/aromatic N) is 5. The number of aryl methyl sites for hydroxylation is 1. The van der Waals surface area contributed by atoms with Gasteiger partial charge in [-0.05, 0) is 12.1 Å². The van der Waals surface area contributed by atoms with Crippen LogP contribution < -0.4 is 5.32 Å². The van der Waals surface area contributed by atoms with Gasteiger partial charge in [-0.1, -0.05) is 6.07 Å². The molecule has 1 atom stereocenters. The monoisotopic (exact) mass is 328 g/mol. The van der Waals surface area contributed by atoms with Gasteiger partial charge in [-0.3, -0.25) is 14.7 Å². The maximum absolute atomic E-state index is 5.89. The summed E-state index contributed by atoms with van der Waals surface area (Å²) in [5.74, 6) is 0.906. The molecule has 0 spiro atoms. The highest BCUT2D eigenvalue weighted by molar-refractivity contribution is 5.80. The van der Waals surface area contributed by atoms with Crippen LogP contribution in [0.2, 0.25) is 0 Å². The molecule has 0 aromatic carbocycles. The van der Waals surface area contributed by atoms with Gasteiger partial charge in [-0.25, -0.2) is 0 Å². The Balaban J connectivity index is 1.55. The third-order valence-corrected chi connectivity index (χ3v) is 4.06.